The van der Waals surface area contributed by atoms with Crippen LogP contribution < -0.4 is 0 Å². The number of aromatic nitrogens is 9. The molecule has 2 aliphatic rings. The second kappa shape index (κ2) is 35.8. The van der Waals surface area contributed by atoms with Gasteiger partial charge in [-0.3, -0.25) is 0 Å². The fraction of sp³-hybridized carbons (Fsp3) is 0.0288. The summed E-state index contributed by atoms with van der Waals surface area (Å²) in [5, 5.41) is 23.9. The SMILES string of the molecule is CC1(C)c2ccccc2-c2ccc(-c3nc(-c4ccccc4)nc(-c4cccc5c4ccc4c6ccccc6ccc54)n3)cc21.c1ccc(-c2cc(-c3nc(-c4ccccc4)nc(-c4ccc5c(ccc6c7ccccc7ccc56)c4)n3)c3oc4ccccc4c3c2)cc1.c1ccc(-c2nc(-c3ccc4c(c3)C(c3ccccc3)(c3ccccc3)c3ccccc3-4)nc(-c3cccc4c3ccc3c5ccccc5ccc43)n2)cc1. The predicted octanol–water partition coefficient (Wildman–Crippen LogP) is 35.2. The van der Waals surface area contributed by atoms with Gasteiger partial charge in [0.05, 0.1) is 11.0 Å². The van der Waals surface area contributed by atoms with E-state index in [1.807, 2.05) is 91.0 Å². The van der Waals surface area contributed by atoms with E-state index >= 15 is 0 Å². The summed E-state index contributed by atoms with van der Waals surface area (Å²) in [6, 6.07) is 178. The Balaban J connectivity index is 0.000000108. The van der Waals surface area contributed by atoms with E-state index in [2.05, 4.69) is 426 Å². The van der Waals surface area contributed by atoms with Gasteiger partial charge in [0.1, 0.15) is 11.2 Å². The number of para-hydroxylation sites is 1. The summed E-state index contributed by atoms with van der Waals surface area (Å²) >= 11 is 0. The molecule has 0 unspecified atom stereocenters. The average Bonchev–Trinajstić information content (AvgIpc) is 1.53. The highest BCUT2D eigenvalue weighted by atomic mass is 16.3. The van der Waals surface area contributed by atoms with Crippen LogP contribution in [0, 0.1) is 0 Å². The van der Waals surface area contributed by atoms with Crippen LogP contribution in [0.25, 0.3) is 255 Å². The van der Waals surface area contributed by atoms with Crippen molar-refractivity contribution >= 4 is 119 Å². The third-order valence-corrected chi connectivity index (χ3v) is 30.4. The molecule has 4 aromatic heterocycles. The van der Waals surface area contributed by atoms with Crippen LogP contribution in [0.3, 0.4) is 0 Å². The molecule has 24 aromatic carbocycles. The van der Waals surface area contributed by atoms with Gasteiger partial charge in [-0.25, -0.2) is 44.9 Å². The molecule has 0 N–H and O–H groups in total. The van der Waals surface area contributed by atoms with Crippen molar-refractivity contribution < 1.29 is 4.42 Å². The van der Waals surface area contributed by atoms with Gasteiger partial charge in [0.25, 0.3) is 0 Å². The van der Waals surface area contributed by atoms with Crippen molar-refractivity contribution in [3.63, 3.8) is 0 Å². The quantitative estimate of drug-likeness (QED) is 0.109. The first kappa shape index (κ1) is 87.3. The molecule has 0 saturated carbocycles. The van der Waals surface area contributed by atoms with Gasteiger partial charge in [0, 0.05) is 60.7 Å². The fourth-order valence-electron chi connectivity index (χ4n) is 23.3. The zero-order valence-corrected chi connectivity index (χ0v) is 81.4. The van der Waals surface area contributed by atoms with Crippen molar-refractivity contribution in [2.75, 3.05) is 0 Å². The van der Waals surface area contributed by atoms with Gasteiger partial charge in [-0.15, -0.1) is 0 Å². The van der Waals surface area contributed by atoms with Gasteiger partial charge in [0.15, 0.2) is 52.4 Å². The van der Waals surface area contributed by atoms with Crippen LogP contribution in [-0.4, -0.2) is 44.9 Å². The van der Waals surface area contributed by atoms with Crippen LogP contribution in [-0.2, 0) is 10.8 Å². The lowest BCUT2D eigenvalue weighted by atomic mass is 9.67. The fourth-order valence-corrected chi connectivity index (χ4v) is 23.3. The van der Waals surface area contributed by atoms with Crippen molar-refractivity contribution in [2.45, 2.75) is 24.7 Å². The van der Waals surface area contributed by atoms with Crippen LogP contribution in [0.1, 0.15) is 47.2 Å². The Morgan fingerprint density at radius 2 is 0.456 bits per heavy atom. The minimum atomic E-state index is -0.524. The molecule has 149 heavy (non-hydrogen) atoms. The standard InChI is InChI=1S/C52H33N3.C45H27N3O.C42H29N3/c1-4-16-35(17-5-1)49-53-50(55-51(54-49)46-25-14-24-40-42-29-27-34-15-10-11-22-39(34)41(42)31-32-43(40)46)36-28-30-45-44-23-12-13-26-47(44)52(48(45)33-36,37-18-6-2-7-19-37)38-20-8-3-9-21-38;1-3-11-28(12-4-1)33-26-39-38-17-9-10-18-41(38)49-42(39)40(27-33)45-47-43(30-14-5-2-6-15-30)46-44(48-45)32-21-22-35-31(25-32)20-24-36-34-16-8-7-13-29(34)19-23-37(35)36;1-42(2)37-18-9-8-15-34(37)35-22-20-28(25-38(35)42)40-43-39(27-12-4-3-5-13-27)44-41(45-40)36-17-10-16-30-32-21-19-26-11-6-7-14-29(26)31(32)23-24-33(30)36/h1-33H;1-27H;3-25H,1-2H3. The molecular weight excluding hydrogens is 1810 g/mol. The summed E-state index contributed by atoms with van der Waals surface area (Å²) in [6.07, 6.45) is 0. The second-order valence-corrected chi connectivity index (χ2v) is 39.2. The molecule has 30 rings (SSSR count). The van der Waals surface area contributed by atoms with E-state index in [0.29, 0.717) is 52.4 Å². The van der Waals surface area contributed by atoms with Gasteiger partial charge in [-0.2, -0.15) is 0 Å². The van der Waals surface area contributed by atoms with Crippen molar-refractivity contribution in [2.24, 2.45) is 0 Å². The molecule has 0 aliphatic heterocycles. The maximum absolute atomic E-state index is 6.55. The minimum absolute atomic E-state index is 0.110. The van der Waals surface area contributed by atoms with Gasteiger partial charge in [-0.05, 0) is 200 Å². The molecule has 4 heterocycles. The first-order valence-electron chi connectivity index (χ1n) is 50.7. The molecule has 28 aromatic rings. The van der Waals surface area contributed by atoms with Crippen molar-refractivity contribution in [1.29, 1.82) is 0 Å². The van der Waals surface area contributed by atoms with Crippen LogP contribution in [0.5, 0.6) is 0 Å². The summed E-state index contributed by atoms with van der Waals surface area (Å²) in [5.41, 5.74) is 24.3. The normalized spacial score (nSPS) is 12.6. The molecule has 10 heteroatoms. The smallest absolute Gasteiger partial charge is 0.167 e. The largest absolute Gasteiger partial charge is 0.455 e. The summed E-state index contributed by atoms with van der Waals surface area (Å²) < 4.78 is 6.55. The third kappa shape index (κ3) is 14.9. The highest BCUT2D eigenvalue weighted by molar-refractivity contribution is 6.22. The number of hydrogen-bond acceptors (Lipinski definition) is 10. The van der Waals surface area contributed by atoms with E-state index in [1.54, 1.807) is 0 Å². The Labute approximate surface area is 859 Å². The number of hydrogen-bond donors (Lipinski definition) is 0. The Morgan fingerprint density at radius 3 is 0.940 bits per heavy atom. The highest BCUT2D eigenvalue weighted by Gasteiger charge is 2.47. The minimum Gasteiger partial charge on any atom is -0.455 e. The first-order valence-corrected chi connectivity index (χ1v) is 50.7. The van der Waals surface area contributed by atoms with Crippen LogP contribution in [0.2, 0.25) is 0 Å². The topological polar surface area (TPSA) is 129 Å². The van der Waals surface area contributed by atoms with Crippen LogP contribution >= 0.6 is 0 Å². The Kier molecular flexibility index (Phi) is 21.0. The van der Waals surface area contributed by atoms with Crippen molar-refractivity contribution in [1.82, 2.24) is 44.9 Å². The number of furan rings is 1. The zero-order valence-electron chi connectivity index (χ0n) is 81.4. The maximum Gasteiger partial charge on any atom is 0.167 e. The van der Waals surface area contributed by atoms with E-state index in [9.17, 15) is 0 Å². The maximum atomic E-state index is 6.55. The van der Waals surface area contributed by atoms with E-state index in [1.165, 1.54) is 136 Å². The molecule has 2 aliphatic carbocycles. The number of fused-ring (bicyclic) bond motifs is 24. The Bertz CT molecular complexity index is 10200. The molecule has 0 bridgehead atoms. The summed E-state index contributed by atoms with van der Waals surface area (Å²) in [7, 11) is 0. The summed E-state index contributed by atoms with van der Waals surface area (Å²) in [4.78, 5) is 46.4. The van der Waals surface area contributed by atoms with Gasteiger partial charge < -0.3 is 4.42 Å². The van der Waals surface area contributed by atoms with Crippen molar-refractivity contribution in [3.05, 3.63) is 537 Å². The molecule has 10 nitrogen and oxygen atoms in total. The Hall–Kier alpha value is -19.6. The molecule has 0 atom stereocenters. The molecule has 0 spiro atoms. The van der Waals surface area contributed by atoms with Gasteiger partial charge >= 0.3 is 0 Å². The lowest BCUT2D eigenvalue weighted by molar-refractivity contribution is 0.660. The molecule has 696 valence electrons. The van der Waals surface area contributed by atoms with E-state index < -0.39 is 5.41 Å². The lowest BCUT2D eigenvalue weighted by Crippen LogP contribution is -2.28. The lowest BCUT2D eigenvalue weighted by Gasteiger charge is -2.34. The third-order valence-electron chi connectivity index (χ3n) is 30.4. The predicted molar refractivity (Wildman–Crippen MR) is 614 cm³/mol. The van der Waals surface area contributed by atoms with Crippen molar-refractivity contribution in [3.8, 4) is 136 Å². The zero-order chi connectivity index (χ0) is 98.8. The van der Waals surface area contributed by atoms with Crippen LogP contribution in [0.15, 0.2) is 508 Å². The van der Waals surface area contributed by atoms with Gasteiger partial charge in [-0.1, -0.05) is 481 Å². The second-order valence-electron chi connectivity index (χ2n) is 39.2. The highest BCUT2D eigenvalue weighted by Crippen LogP contribution is 2.58. The van der Waals surface area contributed by atoms with Gasteiger partial charge in [0.2, 0.25) is 0 Å². The van der Waals surface area contributed by atoms with E-state index in [-0.39, 0.29) is 5.41 Å². The number of rotatable bonds is 12. The Morgan fingerprint density at radius 1 is 0.154 bits per heavy atom. The monoisotopic (exact) mass is 1900 g/mol. The van der Waals surface area contributed by atoms with E-state index in [4.69, 9.17) is 49.3 Å². The molecule has 0 fully saturated rings. The molecular formula is C139H89N9O. The summed E-state index contributed by atoms with van der Waals surface area (Å²) in [5.74, 6) is 5.74. The average molecular weight is 1900 g/mol. The first-order chi connectivity index (χ1) is 73.6. The molecule has 0 radical (unpaired) electrons. The summed E-state index contributed by atoms with van der Waals surface area (Å²) in [6.45, 7) is 4.61. The van der Waals surface area contributed by atoms with Crippen LogP contribution in [0.4, 0.5) is 0 Å². The molecule has 0 amide bonds. The van der Waals surface area contributed by atoms with E-state index in [0.717, 1.165) is 99.3 Å². The molecule has 0 saturated heterocycles. The number of nitrogens with zero attached hydrogens (tertiary/aromatic N) is 9. The number of benzene rings is 24.